The number of amides is 1. The van der Waals surface area contributed by atoms with Crippen molar-refractivity contribution in [2.45, 2.75) is 44.2 Å². The Bertz CT molecular complexity index is 891. The molecule has 0 bridgehead atoms. The number of carbonyl (C=O) groups excluding carboxylic acids is 2. The van der Waals surface area contributed by atoms with Crippen molar-refractivity contribution < 1.29 is 33.6 Å². The van der Waals surface area contributed by atoms with Gasteiger partial charge in [-0.3, -0.25) is 9.69 Å². The number of benzene rings is 2. The van der Waals surface area contributed by atoms with Crippen LogP contribution in [0.3, 0.4) is 0 Å². The second-order valence-electron chi connectivity index (χ2n) is 7.58. The van der Waals surface area contributed by atoms with E-state index in [0.717, 1.165) is 11.1 Å². The van der Waals surface area contributed by atoms with Crippen LogP contribution in [0.25, 0.3) is 0 Å². The van der Waals surface area contributed by atoms with Crippen molar-refractivity contribution in [1.82, 2.24) is 4.90 Å². The molecule has 2 fully saturated rings. The molecule has 1 N–H and O–H groups in total. The van der Waals surface area contributed by atoms with E-state index in [1.807, 2.05) is 60.7 Å². The van der Waals surface area contributed by atoms with E-state index in [0.29, 0.717) is 0 Å². The summed E-state index contributed by atoms with van der Waals surface area (Å²) in [5.74, 6) is -0.549. The van der Waals surface area contributed by atoms with E-state index >= 15 is 0 Å². The number of aliphatic hydroxyl groups excluding tert-OH is 1. The molecule has 2 aromatic rings. The highest BCUT2D eigenvalue weighted by atomic mass is 16.7. The highest BCUT2D eigenvalue weighted by molar-refractivity contribution is 5.69. The maximum Gasteiger partial charge on any atom is 0.410 e. The van der Waals surface area contributed by atoms with Crippen LogP contribution in [0.4, 0.5) is 4.79 Å². The van der Waals surface area contributed by atoms with Crippen LogP contribution in [-0.4, -0.2) is 59.6 Å². The summed E-state index contributed by atoms with van der Waals surface area (Å²) < 4.78 is 22.6. The molecule has 2 heterocycles. The zero-order valence-corrected chi connectivity index (χ0v) is 17.1. The van der Waals surface area contributed by atoms with Crippen molar-refractivity contribution >= 4 is 12.1 Å². The maximum atomic E-state index is 12.9. The van der Waals surface area contributed by atoms with Crippen molar-refractivity contribution in [3.63, 3.8) is 0 Å². The van der Waals surface area contributed by atoms with Gasteiger partial charge in [-0.05, 0) is 5.56 Å². The van der Waals surface area contributed by atoms with Gasteiger partial charge >= 0.3 is 12.1 Å². The van der Waals surface area contributed by atoms with Crippen LogP contribution in [0.5, 0.6) is 0 Å². The summed E-state index contributed by atoms with van der Waals surface area (Å²) >= 11 is 0. The van der Waals surface area contributed by atoms with Crippen LogP contribution >= 0.6 is 0 Å². The monoisotopic (exact) mass is 427 g/mol. The number of likely N-dealkylation sites (tertiary alicyclic amines) is 1. The van der Waals surface area contributed by atoms with Gasteiger partial charge in [0.05, 0.1) is 19.2 Å². The summed E-state index contributed by atoms with van der Waals surface area (Å²) in [7, 11) is 0. The van der Waals surface area contributed by atoms with Gasteiger partial charge in [-0.1, -0.05) is 60.7 Å². The highest BCUT2D eigenvalue weighted by Crippen LogP contribution is 2.34. The van der Waals surface area contributed by atoms with Crippen LogP contribution in [0.1, 0.15) is 24.3 Å². The number of esters is 1. The standard InChI is InChI=1S/C23H25NO7/c1-15(25)30-19-12-24(23(27)29-13-16-8-4-2-5-9-16)18-14-28-22(31-21(18)20(19)26)17-10-6-3-7-11-17/h2-11,18-22,26H,12-14H2,1H3/t18-,19+,20-,21-,22?/m1/s1. The number of ether oxygens (including phenoxy) is 4. The lowest BCUT2D eigenvalue weighted by Gasteiger charge is -2.49. The molecule has 31 heavy (non-hydrogen) atoms. The molecule has 2 aliphatic heterocycles. The number of hydrogen-bond acceptors (Lipinski definition) is 7. The molecule has 0 saturated carbocycles. The molecule has 1 amide bonds. The summed E-state index contributed by atoms with van der Waals surface area (Å²) in [4.78, 5) is 25.9. The van der Waals surface area contributed by atoms with E-state index in [2.05, 4.69) is 0 Å². The average Bonchev–Trinajstić information content (AvgIpc) is 2.80. The van der Waals surface area contributed by atoms with Crippen molar-refractivity contribution in [1.29, 1.82) is 0 Å². The first-order valence-corrected chi connectivity index (χ1v) is 10.2. The fourth-order valence-electron chi connectivity index (χ4n) is 3.90. The topological polar surface area (TPSA) is 94.5 Å². The normalized spacial score (nSPS) is 27.8. The van der Waals surface area contributed by atoms with Gasteiger partial charge in [0.1, 0.15) is 24.9 Å². The van der Waals surface area contributed by atoms with E-state index in [1.54, 1.807) is 0 Å². The Morgan fingerprint density at radius 2 is 1.77 bits per heavy atom. The van der Waals surface area contributed by atoms with E-state index in [4.69, 9.17) is 18.9 Å². The quantitative estimate of drug-likeness (QED) is 0.749. The third-order valence-corrected chi connectivity index (χ3v) is 5.40. The van der Waals surface area contributed by atoms with Gasteiger partial charge in [0.15, 0.2) is 6.29 Å². The van der Waals surface area contributed by atoms with E-state index in [-0.39, 0.29) is 19.8 Å². The Hall–Kier alpha value is -2.94. The van der Waals surface area contributed by atoms with Crippen molar-refractivity contribution in [2.75, 3.05) is 13.2 Å². The number of aliphatic hydroxyl groups is 1. The molecule has 2 aromatic carbocycles. The van der Waals surface area contributed by atoms with Crippen LogP contribution in [0.2, 0.25) is 0 Å². The van der Waals surface area contributed by atoms with Crippen LogP contribution in [0.15, 0.2) is 60.7 Å². The van der Waals surface area contributed by atoms with Crippen LogP contribution in [-0.2, 0) is 30.3 Å². The number of fused-ring (bicyclic) bond motifs is 1. The van der Waals surface area contributed by atoms with Gasteiger partial charge in [-0.25, -0.2) is 4.79 Å². The Morgan fingerprint density at radius 3 is 2.45 bits per heavy atom. The summed E-state index contributed by atoms with van der Waals surface area (Å²) in [6, 6.07) is 18.1. The molecule has 1 unspecified atom stereocenters. The third-order valence-electron chi connectivity index (χ3n) is 5.40. The molecule has 2 aliphatic rings. The molecule has 4 rings (SSSR count). The Kier molecular flexibility index (Phi) is 6.50. The fourth-order valence-corrected chi connectivity index (χ4v) is 3.90. The van der Waals surface area contributed by atoms with E-state index < -0.39 is 42.7 Å². The first kappa shape index (κ1) is 21.3. The maximum absolute atomic E-state index is 12.9. The van der Waals surface area contributed by atoms with Gasteiger partial charge in [-0.2, -0.15) is 0 Å². The first-order chi connectivity index (χ1) is 15.0. The van der Waals surface area contributed by atoms with E-state index in [1.165, 1.54) is 11.8 Å². The molecular weight excluding hydrogens is 402 g/mol. The molecule has 8 heteroatoms. The van der Waals surface area contributed by atoms with Gasteiger partial charge < -0.3 is 24.1 Å². The van der Waals surface area contributed by atoms with E-state index in [9.17, 15) is 14.7 Å². The van der Waals surface area contributed by atoms with Crippen molar-refractivity contribution in [2.24, 2.45) is 0 Å². The van der Waals surface area contributed by atoms with Crippen molar-refractivity contribution in [3.05, 3.63) is 71.8 Å². The SMILES string of the molecule is CC(=O)O[C@H]1CN(C(=O)OCc2ccccc2)[C@@H]2COC(c3ccccc3)O[C@H]2[C@@H]1O. The summed E-state index contributed by atoms with van der Waals surface area (Å²) in [5, 5.41) is 10.8. The Balaban J connectivity index is 1.51. The van der Waals surface area contributed by atoms with Crippen LogP contribution in [0, 0.1) is 0 Å². The lowest BCUT2D eigenvalue weighted by Crippen LogP contribution is -2.67. The number of nitrogens with zero attached hydrogens (tertiary/aromatic N) is 1. The number of carbonyl (C=O) groups is 2. The molecule has 0 aromatic heterocycles. The predicted octanol–water partition coefficient (Wildman–Crippen LogP) is 2.41. The molecule has 2 saturated heterocycles. The third kappa shape index (κ3) is 4.87. The lowest BCUT2D eigenvalue weighted by atomic mass is 9.93. The summed E-state index contributed by atoms with van der Waals surface area (Å²) in [5.41, 5.74) is 1.64. The molecule has 0 spiro atoms. The minimum atomic E-state index is -1.11. The highest BCUT2D eigenvalue weighted by Gasteiger charge is 2.51. The van der Waals surface area contributed by atoms with Gasteiger partial charge in [0.2, 0.25) is 0 Å². The largest absolute Gasteiger partial charge is 0.458 e. The zero-order valence-electron chi connectivity index (χ0n) is 17.1. The lowest BCUT2D eigenvalue weighted by molar-refractivity contribution is -0.284. The van der Waals surface area contributed by atoms with Crippen LogP contribution < -0.4 is 0 Å². The molecule has 164 valence electrons. The Morgan fingerprint density at radius 1 is 1.10 bits per heavy atom. The number of piperidine rings is 1. The zero-order chi connectivity index (χ0) is 21.8. The second kappa shape index (κ2) is 9.47. The first-order valence-electron chi connectivity index (χ1n) is 10.2. The smallest absolute Gasteiger partial charge is 0.410 e. The fraction of sp³-hybridized carbons (Fsp3) is 0.391. The molecule has 8 nitrogen and oxygen atoms in total. The van der Waals surface area contributed by atoms with Crippen molar-refractivity contribution in [3.8, 4) is 0 Å². The average molecular weight is 427 g/mol. The minimum Gasteiger partial charge on any atom is -0.458 e. The van der Waals surface area contributed by atoms with Gasteiger partial charge in [0.25, 0.3) is 0 Å². The van der Waals surface area contributed by atoms with Gasteiger partial charge in [-0.15, -0.1) is 0 Å². The second-order valence-corrected chi connectivity index (χ2v) is 7.58. The number of hydrogen-bond donors (Lipinski definition) is 1. The summed E-state index contributed by atoms with van der Waals surface area (Å²) in [6.45, 7) is 1.49. The predicted molar refractivity (Wildman–Crippen MR) is 109 cm³/mol. The van der Waals surface area contributed by atoms with Gasteiger partial charge in [0, 0.05) is 12.5 Å². The molecule has 5 atom stereocenters. The molecular formula is C23H25NO7. The number of rotatable bonds is 4. The molecule has 0 aliphatic carbocycles. The summed E-state index contributed by atoms with van der Waals surface area (Å²) in [6.07, 6.45) is -4.13. The minimum absolute atomic E-state index is 0.0156. The molecule has 0 radical (unpaired) electrons. The Labute approximate surface area is 180 Å².